The molecule has 2 rings (SSSR count). The fourth-order valence-corrected chi connectivity index (χ4v) is 1.68. The molecule has 10 heteroatoms. The van der Waals surface area contributed by atoms with Gasteiger partial charge in [0.15, 0.2) is 5.75 Å². The summed E-state index contributed by atoms with van der Waals surface area (Å²) in [5.74, 6) is -1.95. The number of phenolic OH excluding ortho intramolecular Hbond substituents is 1. The van der Waals surface area contributed by atoms with Gasteiger partial charge >= 0.3 is 11.9 Å². The third-order valence-electron chi connectivity index (χ3n) is 2.76. The summed E-state index contributed by atoms with van der Waals surface area (Å²) >= 11 is 0. The Kier molecular flexibility index (Phi) is 4.16. The van der Waals surface area contributed by atoms with Crippen LogP contribution in [0.25, 0.3) is 0 Å². The number of rotatable bonds is 3. The predicted octanol–water partition coefficient (Wildman–Crippen LogP) is 2.97. The molecule has 23 heavy (non-hydrogen) atoms. The molecule has 0 unspecified atom stereocenters. The van der Waals surface area contributed by atoms with Crippen molar-refractivity contribution < 1.29 is 28.0 Å². The molecule has 2 N–H and O–H groups in total. The van der Waals surface area contributed by atoms with Gasteiger partial charge in [-0.15, -0.1) is 0 Å². The minimum atomic E-state index is -4.59. The van der Waals surface area contributed by atoms with Crippen molar-refractivity contribution in [3.63, 3.8) is 0 Å². The van der Waals surface area contributed by atoms with Crippen LogP contribution in [0.3, 0.4) is 0 Å². The lowest BCUT2D eigenvalue weighted by Gasteiger charge is -2.09. The molecule has 0 aliphatic carbocycles. The Morgan fingerprint density at radius 1 is 1.26 bits per heavy atom. The summed E-state index contributed by atoms with van der Waals surface area (Å²) in [6.45, 7) is 0. The first kappa shape index (κ1) is 16.2. The molecule has 2 aromatic rings. The van der Waals surface area contributed by atoms with E-state index in [9.17, 15) is 33.2 Å². The van der Waals surface area contributed by atoms with Crippen LogP contribution in [0.5, 0.6) is 5.75 Å². The maximum absolute atomic E-state index is 12.6. The van der Waals surface area contributed by atoms with Crippen LogP contribution >= 0.6 is 0 Å². The molecule has 0 radical (unpaired) electrons. The molecule has 0 aliphatic rings. The number of benzene rings is 1. The normalized spacial score (nSPS) is 11.1. The lowest BCUT2D eigenvalue weighted by molar-refractivity contribution is -0.385. The van der Waals surface area contributed by atoms with Crippen LogP contribution in [0.4, 0.5) is 24.7 Å². The Bertz CT molecular complexity index is 777. The van der Waals surface area contributed by atoms with E-state index >= 15 is 0 Å². The molecule has 1 aromatic carbocycles. The topological polar surface area (TPSA) is 105 Å². The predicted molar refractivity (Wildman–Crippen MR) is 72.0 cm³/mol. The Morgan fingerprint density at radius 3 is 2.52 bits per heavy atom. The fourth-order valence-electron chi connectivity index (χ4n) is 1.68. The average Bonchev–Trinajstić information content (AvgIpc) is 2.46. The van der Waals surface area contributed by atoms with E-state index in [-0.39, 0.29) is 11.4 Å². The zero-order chi connectivity index (χ0) is 17.2. The van der Waals surface area contributed by atoms with E-state index < -0.39 is 34.0 Å². The Hall–Kier alpha value is -3.17. The summed E-state index contributed by atoms with van der Waals surface area (Å²) in [5, 5.41) is 22.1. The smallest absolute Gasteiger partial charge is 0.416 e. The first-order valence-corrected chi connectivity index (χ1v) is 6.00. The van der Waals surface area contributed by atoms with Crippen molar-refractivity contribution in [2.24, 2.45) is 0 Å². The second-order valence-corrected chi connectivity index (χ2v) is 4.34. The van der Waals surface area contributed by atoms with Gasteiger partial charge in [-0.05, 0) is 24.3 Å². The van der Waals surface area contributed by atoms with Gasteiger partial charge in [-0.2, -0.15) is 13.2 Å². The molecule has 0 atom stereocenters. The molecule has 120 valence electrons. The van der Waals surface area contributed by atoms with E-state index in [1.54, 1.807) is 0 Å². The number of pyridine rings is 1. The first-order chi connectivity index (χ1) is 10.7. The number of anilines is 1. The quantitative estimate of drug-likeness (QED) is 0.666. The molecule has 0 saturated carbocycles. The van der Waals surface area contributed by atoms with Crippen LogP contribution in [0, 0.1) is 10.1 Å². The van der Waals surface area contributed by atoms with Gasteiger partial charge in [0.25, 0.3) is 5.91 Å². The van der Waals surface area contributed by atoms with Crippen molar-refractivity contribution >= 4 is 17.4 Å². The summed E-state index contributed by atoms with van der Waals surface area (Å²) in [4.78, 5) is 25.2. The zero-order valence-electron chi connectivity index (χ0n) is 11.2. The number of carbonyl (C=O) groups is 1. The van der Waals surface area contributed by atoms with Crippen molar-refractivity contribution in [3.05, 3.63) is 57.8 Å². The number of carbonyl (C=O) groups excluding carboxylic acids is 1. The molecule has 0 fully saturated rings. The molecule has 0 saturated heterocycles. The van der Waals surface area contributed by atoms with Crippen LogP contribution in [0.2, 0.25) is 0 Å². The zero-order valence-corrected chi connectivity index (χ0v) is 11.2. The van der Waals surface area contributed by atoms with Gasteiger partial charge in [0.2, 0.25) is 0 Å². The van der Waals surface area contributed by atoms with E-state index in [2.05, 4.69) is 10.3 Å². The summed E-state index contributed by atoms with van der Waals surface area (Å²) < 4.78 is 37.7. The van der Waals surface area contributed by atoms with Gasteiger partial charge in [-0.1, -0.05) is 0 Å². The number of nitro benzene ring substituents is 1. The number of hydrogen-bond acceptors (Lipinski definition) is 5. The first-order valence-electron chi connectivity index (χ1n) is 6.00. The highest BCUT2D eigenvalue weighted by Crippen LogP contribution is 2.30. The standard InChI is InChI=1S/C13H8F3N3O4/c14-13(15,16)8-3-4-17-11(6-8)18-12(21)7-1-2-9(19(22)23)10(20)5-7/h1-6,20H,(H,17,18,21). The molecule has 7 nitrogen and oxygen atoms in total. The molecule has 1 heterocycles. The average molecular weight is 327 g/mol. The number of alkyl halides is 3. The molecule has 1 aromatic heterocycles. The van der Waals surface area contributed by atoms with Crippen molar-refractivity contribution in [3.8, 4) is 5.75 Å². The van der Waals surface area contributed by atoms with Crippen LogP contribution in [0.15, 0.2) is 36.5 Å². The minimum absolute atomic E-state index is 0.174. The van der Waals surface area contributed by atoms with Gasteiger partial charge in [0, 0.05) is 17.8 Å². The third-order valence-corrected chi connectivity index (χ3v) is 2.76. The van der Waals surface area contributed by atoms with Gasteiger partial charge in [0.1, 0.15) is 5.82 Å². The largest absolute Gasteiger partial charge is 0.502 e. The van der Waals surface area contributed by atoms with E-state index in [0.717, 1.165) is 30.5 Å². The van der Waals surface area contributed by atoms with E-state index in [1.165, 1.54) is 0 Å². The molecule has 0 aliphatic heterocycles. The van der Waals surface area contributed by atoms with E-state index in [0.29, 0.717) is 6.07 Å². The number of hydrogen-bond donors (Lipinski definition) is 2. The van der Waals surface area contributed by atoms with Crippen molar-refractivity contribution in [1.82, 2.24) is 4.98 Å². The maximum atomic E-state index is 12.6. The lowest BCUT2D eigenvalue weighted by atomic mass is 10.1. The Labute approximate surface area is 126 Å². The highest BCUT2D eigenvalue weighted by Gasteiger charge is 2.30. The number of nitro groups is 1. The fraction of sp³-hybridized carbons (Fsp3) is 0.0769. The summed E-state index contributed by atoms with van der Waals surface area (Å²) in [6, 6.07) is 4.18. The van der Waals surface area contributed by atoms with E-state index in [1.807, 2.05) is 0 Å². The second-order valence-electron chi connectivity index (χ2n) is 4.34. The lowest BCUT2D eigenvalue weighted by Crippen LogP contribution is -2.14. The number of nitrogens with one attached hydrogen (secondary N) is 1. The molecule has 0 spiro atoms. The number of aromatic nitrogens is 1. The monoisotopic (exact) mass is 327 g/mol. The highest BCUT2D eigenvalue weighted by atomic mass is 19.4. The second kappa shape index (κ2) is 5.91. The SMILES string of the molecule is O=C(Nc1cc(C(F)(F)F)ccn1)c1ccc([N+](=O)[O-])c(O)c1. The van der Waals surface area contributed by atoms with Gasteiger partial charge in [0.05, 0.1) is 10.5 Å². The summed E-state index contributed by atoms with van der Waals surface area (Å²) in [5.41, 5.74) is -1.76. The maximum Gasteiger partial charge on any atom is 0.416 e. The Morgan fingerprint density at radius 2 is 1.96 bits per heavy atom. The third kappa shape index (κ3) is 3.73. The number of halogens is 3. The number of phenols is 1. The molecule has 1 amide bonds. The van der Waals surface area contributed by atoms with Crippen LogP contribution in [-0.2, 0) is 6.18 Å². The van der Waals surface area contributed by atoms with Crippen molar-refractivity contribution in [2.75, 3.05) is 5.32 Å². The Balaban J connectivity index is 2.23. The highest BCUT2D eigenvalue weighted by molar-refractivity contribution is 6.04. The molecular weight excluding hydrogens is 319 g/mol. The summed E-state index contributed by atoms with van der Waals surface area (Å²) in [7, 11) is 0. The van der Waals surface area contributed by atoms with Crippen LogP contribution < -0.4 is 5.32 Å². The van der Waals surface area contributed by atoms with Gasteiger partial charge in [-0.25, -0.2) is 4.98 Å². The van der Waals surface area contributed by atoms with Crippen molar-refractivity contribution in [2.45, 2.75) is 6.18 Å². The molecule has 0 bridgehead atoms. The number of amides is 1. The number of nitrogens with zero attached hydrogens (tertiary/aromatic N) is 2. The van der Waals surface area contributed by atoms with Gasteiger partial charge < -0.3 is 10.4 Å². The van der Waals surface area contributed by atoms with E-state index in [4.69, 9.17) is 0 Å². The van der Waals surface area contributed by atoms with Crippen molar-refractivity contribution in [1.29, 1.82) is 0 Å². The number of aromatic hydroxyl groups is 1. The minimum Gasteiger partial charge on any atom is -0.502 e. The van der Waals surface area contributed by atoms with Crippen LogP contribution in [0.1, 0.15) is 15.9 Å². The van der Waals surface area contributed by atoms with Crippen LogP contribution in [-0.4, -0.2) is 20.9 Å². The summed E-state index contributed by atoms with van der Waals surface area (Å²) in [6.07, 6.45) is -3.71. The molecular formula is C13H8F3N3O4. The van der Waals surface area contributed by atoms with Gasteiger partial charge in [-0.3, -0.25) is 14.9 Å².